The number of benzene rings is 1. The van der Waals surface area contributed by atoms with Crippen molar-refractivity contribution in [1.29, 1.82) is 0 Å². The molecule has 2 N–H and O–H groups in total. The number of anilines is 1. The van der Waals surface area contributed by atoms with Gasteiger partial charge in [-0.1, -0.05) is 25.4 Å². The lowest BCUT2D eigenvalue weighted by molar-refractivity contribution is 0.128. The largest absolute Gasteiger partial charge is 0.493 e. The van der Waals surface area contributed by atoms with Gasteiger partial charge >= 0.3 is 0 Å². The molecule has 3 aromatic rings. The molecule has 7 nitrogen and oxygen atoms in total. The Morgan fingerprint density at radius 2 is 1.94 bits per heavy atom. The number of fused-ring (bicyclic) bond motifs is 1. The van der Waals surface area contributed by atoms with Gasteiger partial charge < -0.3 is 15.4 Å². The summed E-state index contributed by atoms with van der Waals surface area (Å²) in [6, 6.07) is 1.89. The zero-order valence-electron chi connectivity index (χ0n) is 19.8. The van der Waals surface area contributed by atoms with Gasteiger partial charge in [-0.3, -0.25) is 0 Å². The van der Waals surface area contributed by atoms with Crippen LogP contribution >= 0.6 is 11.6 Å². The fraction of sp³-hybridized carbons (Fsp3) is 0.542. The van der Waals surface area contributed by atoms with Crippen LogP contribution in [0.15, 0.2) is 12.4 Å². The molecule has 8 heteroatoms. The lowest BCUT2D eigenvalue weighted by Gasteiger charge is -2.42. The maximum Gasteiger partial charge on any atom is 0.164 e. The van der Waals surface area contributed by atoms with Crippen molar-refractivity contribution in [3.05, 3.63) is 39.8 Å². The fourth-order valence-electron chi connectivity index (χ4n) is 4.86. The molecule has 3 heterocycles. The molecular weight excluding hydrogens is 424 g/mol. The summed E-state index contributed by atoms with van der Waals surface area (Å²) in [5.41, 5.74) is 11.0. The second kappa shape index (κ2) is 8.87. The molecule has 0 amide bonds. The van der Waals surface area contributed by atoms with E-state index in [-0.39, 0.29) is 6.04 Å². The van der Waals surface area contributed by atoms with Gasteiger partial charge in [0, 0.05) is 41.7 Å². The van der Waals surface area contributed by atoms with Gasteiger partial charge in [-0.15, -0.1) is 0 Å². The van der Waals surface area contributed by atoms with Crippen LogP contribution in [0.1, 0.15) is 62.0 Å². The first kappa shape index (κ1) is 22.8. The fourth-order valence-corrected chi connectivity index (χ4v) is 5.08. The van der Waals surface area contributed by atoms with Gasteiger partial charge in [0.05, 0.1) is 23.7 Å². The van der Waals surface area contributed by atoms with Crippen LogP contribution in [0.2, 0.25) is 5.02 Å². The molecule has 172 valence electrons. The van der Waals surface area contributed by atoms with Crippen LogP contribution in [0.5, 0.6) is 5.75 Å². The minimum absolute atomic E-state index is 0.134. The van der Waals surface area contributed by atoms with E-state index in [1.807, 2.05) is 24.6 Å². The van der Waals surface area contributed by atoms with Crippen molar-refractivity contribution in [1.82, 2.24) is 24.6 Å². The summed E-state index contributed by atoms with van der Waals surface area (Å²) < 4.78 is 8.19. The molecule has 0 saturated carbocycles. The van der Waals surface area contributed by atoms with E-state index in [1.165, 1.54) is 11.9 Å². The maximum absolute atomic E-state index is 6.77. The number of nitrogens with zero attached hydrogens (tertiary/aromatic N) is 5. The van der Waals surface area contributed by atoms with E-state index >= 15 is 0 Å². The Balaban J connectivity index is 1.80. The molecule has 1 aromatic carbocycles. The van der Waals surface area contributed by atoms with Gasteiger partial charge in [-0.25, -0.2) is 14.6 Å². The second-order valence-corrected chi connectivity index (χ2v) is 9.63. The molecule has 1 aliphatic rings. The molecule has 1 fully saturated rings. The van der Waals surface area contributed by atoms with Crippen LogP contribution in [0.3, 0.4) is 0 Å². The molecule has 32 heavy (non-hydrogen) atoms. The average molecular weight is 457 g/mol. The third-order valence-corrected chi connectivity index (χ3v) is 6.73. The van der Waals surface area contributed by atoms with Crippen molar-refractivity contribution in [2.45, 2.75) is 53.5 Å². The SMILES string of the molecule is CCOc1c(C(C)n2nc(C)c3c(N)ncnc32)cc(Cl)c(C)c1C1CN(CC(C)C)C1. The number of hydrogen-bond acceptors (Lipinski definition) is 6. The number of nitrogen functional groups attached to an aromatic ring is 1. The van der Waals surface area contributed by atoms with Gasteiger partial charge in [-0.2, -0.15) is 5.10 Å². The highest BCUT2D eigenvalue weighted by molar-refractivity contribution is 6.31. The Morgan fingerprint density at radius 1 is 1.22 bits per heavy atom. The summed E-state index contributed by atoms with van der Waals surface area (Å²) in [4.78, 5) is 11.1. The first-order valence-electron chi connectivity index (χ1n) is 11.4. The number of likely N-dealkylation sites (tertiary alicyclic amines) is 1. The summed E-state index contributed by atoms with van der Waals surface area (Å²) in [7, 11) is 0. The number of aromatic nitrogens is 4. The third kappa shape index (κ3) is 3.92. The van der Waals surface area contributed by atoms with Gasteiger partial charge in [-0.05, 0) is 45.2 Å². The lowest BCUT2D eigenvalue weighted by atomic mass is 9.84. The third-order valence-electron chi connectivity index (χ3n) is 6.34. The average Bonchev–Trinajstić information content (AvgIpc) is 3.05. The van der Waals surface area contributed by atoms with Crippen LogP contribution in [0.4, 0.5) is 5.82 Å². The molecule has 2 aromatic heterocycles. The van der Waals surface area contributed by atoms with E-state index in [0.717, 1.165) is 58.3 Å². The van der Waals surface area contributed by atoms with Crippen LogP contribution in [0, 0.1) is 19.8 Å². The number of halogens is 1. The molecule has 0 spiro atoms. The van der Waals surface area contributed by atoms with E-state index in [4.69, 9.17) is 27.2 Å². The molecule has 0 aliphatic carbocycles. The second-order valence-electron chi connectivity index (χ2n) is 9.22. The van der Waals surface area contributed by atoms with Crippen LogP contribution in [0.25, 0.3) is 11.0 Å². The maximum atomic E-state index is 6.77. The Morgan fingerprint density at radius 3 is 2.59 bits per heavy atom. The summed E-state index contributed by atoms with van der Waals surface area (Å²) in [6.07, 6.45) is 1.48. The molecule has 0 radical (unpaired) electrons. The molecule has 1 saturated heterocycles. The summed E-state index contributed by atoms with van der Waals surface area (Å²) in [5.74, 6) is 2.44. The molecule has 0 bridgehead atoms. The monoisotopic (exact) mass is 456 g/mol. The van der Waals surface area contributed by atoms with E-state index < -0.39 is 0 Å². The lowest BCUT2D eigenvalue weighted by Crippen LogP contribution is -2.46. The van der Waals surface area contributed by atoms with E-state index in [1.54, 1.807) is 0 Å². The standard InChI is InChI=1S/C24H33ClN6O/c1-7-32-22-18(16(6)31-24-21(15(5)29-31)23(26)27-12-28-24)8-19(25)14(4)20(22)17-10-30(11-17)9-13(2)3/h8,12-13,16-17H,7,9-11H2,1-6H3,(H2,26,27,28). The van der Waals surface area contributed by atoms with Gasteiger partial charge in [0.2, 0.25) is 0 Å². The topological polar surface area (TPSA) is 82.1 Å². The summed E-state index contributed by atoms with van der Waals surface area (Å²) >= 11 is 6.77. The van der Waals surface area contributed by atoms with Gasteiger partial charge in [0.25, 0.3) is 0 Å². The highest BCUT2D eigenvalue weighted by Gasteiger charge is 2.34. The zero-order valence-corrected chi connectivity index (χ0v) is 20.6. The van der Waals surface area contributed by atoms with Gasteiger partial charge in [0.15, 0.2) is 5.65 Å². The number of aryl methyl sites for hydroxylation is 1. The van der Waals surface area contributed by atoms with Crippen molar-refractivity contribution >= 4 is 28.5 Å². The molecule has 1 atom stereocenters. The van der Waals surface area contributed by atoms with Crippen LogP contribution in [-0.2, 0) is 0 Å². The Labute approximate surface area is 194 Å². The van der Waals surface area contributed by atoms with Gasteiger partial charge in [0.1, 0.15) is 17.9 Å². The molecule has 1 aliphatic heterocycles. The molecule has 4 rings (SSSR count). The Kier molecular flexibility index (Phi) is 6.32. The number of ether oxygens (including phenoxy) is 1. The Hall–Kier alpha value is -2.38. The minimum Gasteiger partial charge on any atom is -0.493 e. The predicted molar refractivity (Wildman–Crippen MR) is 130 cm³/mol. The first-order valence-corrected chi connectivity index (χ1v) is 11.7. The minimum atomic E-state index is -0.134. The quantitative estimate of drug-likeness (QED) is 0.552. The smallest absolute Gasteiger partial charge is 0.164 e. The normalized spacial score (nSPS) is 16.0. The zero-order chi connectivity index (χ0) is 23.2. The van der Waals surface area contributed by atoms with E-state index in [2.05, 4.69) is 42.6 Å². The van der Waals surface area contributed by atoms with Crippen molar-refractivity contribution < 1.29 is 4.74 Å². The Bertz CT molecular complexity index is 1140. The first-order chi connectivity index (χ1) is 15.2. The summed E-state index contributed by atoms with van der Waals surface area (Å²) in [6.45, 7) is 16.4. The number of hydrogen-bond donors (Lipinski definition) is 1. The van der Waals surface area contributed by atoms with Crippen molar-refractivity contribution in [2.24, 2.45) is 5.92 Å². The highest BCUT2D eigenvalue weighted by atomic mass is 35.5. The van der Waals surface area contributed by atoms with E-state index in [0.29, 0.717) is 24.3 Å². The highest BCUT2D eigenvalue weighted by Crippen LogP contribution is 2.44. The van der Waals surface area contributed by atoms with Crippen LogP contribution < -0.4 is 10.5 Å². The predicted octanol–water partition coefficient (Wildman–Crippen LogP) is 4.74. The van der Waals surface area contributed by atoms with Crippen LogP contribution in [-0.4, -0.2) is 50.9 Å². The molecule has 1 unspecified atom stereocenters. The number of nitrogens with two attached hydrogens (primary N) is 1. The summed E-state index contributed by atoms with van der Waals surface area (Å²) in [5, 5.41) is 6.31. The van der Waals surface area contributed by atoms with E-state index in [9.17, 15) is 0 Å². The molecular formula is C24H33ClN6O. The van der Waals surface area contributed by atoms with Crippen molar-refractivity contribution in [3.8, 4) is 5.75 Å². The number of rotatable bonds is 7. The van der Waals surface area contributed by atoms with Crippen molar-refractivity contribution in [3.63, 3.8) is 0 Å². The van der Waals surface area contributed by atoms with Crippen molar-refractivity contribution in [2.75, 3.05) is 32.0 Å².